The molecule has 0 unspecified atom stereocenters. The summed E-state index contributed by atoms with van der Waals surface area (Å²) in [6, 6.07) is 2.24. The summed E-state index contributed by atoms with van der Waals surface area (Å²) in [7, 11) is 0. The molecule has 1 aliphatic rings. The lowest BCUT2D eigenvalue weighted by molar-refractivity contribution is -0.151. The molecule has 2 atom stereocenters. The number of cyclic esters (lactones) is 2. The standard InChI is InChI=1S/C16H18O7/c1-8-3-11(17)5-10-6-12(18)7-13(19)15(10)16(21)23-9(2)4-14(20)22-8/h6-9,18-19H,3-5H2,1-2H3/t8-,9-/m1/s1. The highest BCUT2D eigenvalue weighted by molar-refractivity contribution is 5.96. The zero-order valence-corrected chi connectivity index (χ0v) is 12.9. The number of rotatable bonds is 0. The minimum atomic E-state index is -0.862. The highest BCUT2D eigenvalue weighted by atomic mass is 16.6. The molecule has 2 rings (SSSR count). The van der Waals surface area contributed by atoms with Gasteiger partial charge in [0.25, 0.3) is 0 Å². The fourth-order valence-electron chi connectivity index (χ4n) is 2.48. The number of aromatic hydroxyl groups is 2. The van der Waals surface area contributed by atoms with Crippen molar-refractivity contribution in [1.29, 1.82) is 0 Å². The molecule has 0 saturated carbocycles. The molecule has 7 heteroatoms. The number of hydrogen-bond donors (Lipinski definition) is 2. The summed E-state index contributed by atoms with van der Waals surface area (Å²) in [6.45, 7) is 3.12. The lowest BCUT2D eigenvalue weighted by atomic mass is 9.98. The van der Waals surface area contributed by atoms with Crippen molar-refractivity contribution in [2.45, 2.75) is 45.3 Å². The van der Waals surface area contributed by atoms with Gasteiger partial charge in [-0.2, -0.15) is 0 Å². The molecule has 1 aliphatic heterocycles. The molecule has 1 heterocycles. The highest BCUT2D eigenvalue weighted by Gasteiger charge is 2.26. The summed E-state index contributed by atoms with van der Waals surface area (Å²) in [5, 5.41) is 19.5. The molecule has 7 nitrogen and oxygen atoms in total. The van der Waals surface area contributed by atoms with E-state index in [2.05, 4.69) is 0 Å². The van der Waals surface area contributed by atoms with Gasteiger partial charge in [0.15, 0.2) is 0 Å². The predicted molar refractivity (Wildman–Crippen MR) is 78.1 cm³/mol. The number of phenolic OH excluding ortho intramolecular Hbond substituents is 2. The van der Waals surface area contributed by atoms with Gasteiger partial charge < -0.3 is 19.7 Å². The molecule has 0 aliphatic carbocycles. The second kappa shape index (κ2) is 6.68. The number of fused-ring (bicyclic) bond motifs is 1. The van der Waals surface area contributed by atoms with Crippen LogP contribution >= 0.6 is 0 Å². The molecule has 0 spiro atoms. The summed E-state index contributed by atoms with van der Waals surface area (Å²) >= 11 is 0. The van der Waals surface area contributed by atoms with Crippen LogP contribution in [-0.2, 0) is 25.5 Å². The van der Waals surface area contributed by atoms with Crippen LogP contribution in [0.15, 0.2) is 12.1 Å². The monoisotopic (exact) mass is 322 g/mol. The molecule has 124 valence electrons. The van der Waals surface area contributed by atoms with E-state index in [1.165, 1.54) is 13.0 Å². The predicted octanol–water partition coefficient (Wildman–Crippen LogP) is 1.48. The maximum atomic E-state index is 12.2. The largest absolute Gasteiger partial charge is 0.508 e. The van der Waals surface area contributed by atoms with E-state index < -0.39 is 29.9 Å². The van der Waals surface area contributed by atoms with Crippen LogP contribution in [0.4, 0.5) is 0 Å². The van der Waals surface area contributed by atoms with Gasteiger partial charge in [0, 0.05) is 18.9 Å². The van der Waals surface area contributed by atoms with Crippen LogP contribution in [0.5, 0.6) is 11.5 Å². The van der Waals surface area contributed by atoms with Gasteiger partial charge in [0.1, 0.15) is 35.1 Å². The first-order chi connectivity index (χ1) is 10.8. The molecule has 1 aromatic rings. The first-order valence-corrected chi connectivity index (χ1v) is 7.23. The quantitative estimate of drug-likeness (QED) is 0.696. The van der Waals surface area contributed by atoms with Crippen LogP contribution < -0.4 is 0 Å². The maximum Gasteiger partial charge on any atom is 0.342 e. The van der Waals surface area contributed by atoms with E-state index in [4.69, 9.17) is 9.47 Å². The molecular weight excluding hydrogens is 304 g/mol. The molecule has 0 amide bonds. The van der Waals surface area contributed by atoms with Gasteiger partial charge in [0.05, 0.1) is 6.42 Å². The number of hydrogen-bond acceptors (Lipinski definition) is 7. The van der Waals surface area contributed by atoms with Gasteiger partial charge in [-0.05, 0) is 25.5 Å². The Kier molecular flexibility index (Phi) is 4.88. The number of carbonyl (C=O) groups is 3. The Hall–Kier alpha value is -2.57. The number of esters is 2. The Bertz CT molecular complexity index is 650. The second-order valence-corrected chi connectivity index (χ2v) is 5.64. The van der Waals surface area contributed by atoms with Gasteiger partial charge in [-0.1, -0.05) is 0 Å². The molecule has 0 bridgehead atoms. The number of ether oxygens (including phenoxy) is 2. The second-order valence-electron chi connectivity index (χ2n) is 5.64. The molecule has 0 fully saturated rings. The van der Waals surface area contributed by atoms with E-state index in [-0.39, 0.29) is 41.9 Å². The number of carbonyl (C=O) groups excluding carboxylic acids is 3. The molecular formula is C16H18O7. The van der Waals surface area contributed by atoms with E-state index in [1.54, 1.807) is 6.92 Å². The van der Waals surface area contributed by atoms with Crippen molar-refractivity contribution in [2.75, 3.05) is 0 Å². The number of ketones is 1. The average molecular weight is 322 g/mol. The Labute approximate surface area is 132 Å². The Morgan fingerprint density at radius 1 is 1.00 bits per heavy atom. The summed E-state index contributed by atoms with van der Waals surface area (Å²) in [4.78, 5) is 36.0. The van der Waals surface area contributed by atoms with E-state index in [1.807, 2.05) is 0 Å². The van der Waals surface area contributed by atoms with E-state index >= 15 is 0 Å². The summed E-state index contributed by atoms with van der Waals surface area (Å²) < 4.78 is 10.2. The summed E-state index contributed by atoms with van der Waals surface area (Å²) in [5.41, 5.74) is -0.00612. The van der Waals surface area contributed by atoms with Crippen LogP contribution in [0, 0.1) is 0 Å². The lowest BCUT2D eigenvalue weighted by Gasteiger charge is -2.19. The van der Waals surface area contributed by atoms with Gasteiger partial charge in [-0.15, -0.1) is 0 Å². The fourth-order valence-corrected chi connectivity index (χ4v) is 2.48. The van der Waals surface area contributed by atoms with Crippen LogP contribution in [0.3, 0.4) is 0 Å². The zero-order chi connectivity index (χ0) is 17.1. The molecule has 1 aromatic carbocycles. The van der Waals surface area contributed by atoms with Crippen LogP contribution in [0.25, 0.3) is 0 Å². The van der Waals surface area contributed by atoms with E-state index in [0.717, 1.165) is 6.07 Å². The SMILES string of the molecule is C[C@@H]1CC(=O)Cc2cc(O)cc(O)c2C(=O)O[C@H](C)CC(=O)O1. The van der Waals surface area contributed by atoms with Gasteiger partial charge >= 0.3 is 11.9 Å². The Morgan fingerprint density at radius 3 is 2.35 bits per heavy atom. The smallest absolute Gasteiger partial charge is 0.342 e. The first-order valence-electron chi connectivity index (χ1n) is 7.23. The fraction of sp³-hybridized carbons (Fsp3) is 0.438. The van der Waals surface area contributed by atoms with Gasteiger partial charge in [-0.3, -0.25) is 9.59 Å². The van der Waals surface area contributed by atoms with Crippen molar-refractivity contribution in [3.8, 4) is 11.5 Å². The summed E-state index contributed by atoms with van der Waals surface area (Å²) in [5.74, 6) is -2.46. The maximum absolute atomic E-state index is 12.2. The van der Waals surface area contributed by atoms with E-state index in [9.17, 15) is 24.6 Å². The zero-order valence-electron chi connectivity index (χ0n) is 12.9. The van der Waals surface area contributed by atoms with Crippen molar-refractivity contribution >= 4 is 17.7 Å². The number of benzene rings is 1. The van der Waals surface area contributed by atoms with Crippen LogP contribution in [0.2, 0.25) is 0 Å². The average Bonchev–Trinajstić information content (AvgIpc) is 2.34. The third-order valence-corrected chi connectivity index (χ3v) is 3.39. The minimum Gasteiger partial charge on any atom is -0.508 e. The first kappa shape index (κ1) is 16.8. The van der Waals surface area contributed by atoms with Gasteiger partial charge in [-0.25, -0.2) is 4.79 Å². The van der Waals surface area contributed by atoms with Crippen molar-refractivity contribution in [3.63, 3.8) is 0 Å². The molecule has 23 heavy (non-hydrogen) atoms. The number of phenols is 2. The van der Waals surface area contributed by atoms with Crippen molar-refractivity contribution in [1.82, 2.24) is 0 Å². The van der Waals surface area contributed by atoms with Crippen molar-refractivity contribution in [3.05, 3.63) is 23.3 Å². The third-order valence-electron chi connectivity index (χ3n) is 3.39. The topological polar surface area (TPSA) is 110 Å². The van der Waals surface area contributed by atoms with Crippen molar-refractivity contribution < 1.29 is 34.1 Å². The molecule has 2 N–H and O–H groups in total. The highest BCUT2D eigenvalue weighted by Crippen LogP contribution is 2.29. The molecule has 0 aromatic heterocycles. The Morgan fingerprint density at radius 2 is 1.65 bits per heavy atom. The Balaban J connectivity index is 2.43. The molecule has 0 saturated heterocycles. The number of Topliss-reactive ketones (excluding diaryl/α,β-unsaturated/α-hetero) is 1. The van der Waals surface area contributed by atoms with E-state index in [0.29, 0.717) is 0 Å². The van der Waals surface area contributed by atoms with Crippen molar-refractivity contribution in [2.24, 2.45) is 0 Å². The third kappa shape index (κ3) is 4.21. The lowest BCUT2D eigenvalue weighted by Crippen LogP contribution is -2.26. The van der Waals surface area contributed by atoms with Crippen LogP contribution in [0.1, 0.15) is 42.6 Å². The minimum absolute atomic E-state index is 0.0228. The molecule has 0 radical (unpaired) electrons. The summed E-state index contributed by atoms with van der Waals surface area (Å²) in [6.07, 6.45) is -1.73. The normalized spacial score (nSPS) is 23.1. The van der Waals surface area contributed by atoms with Gasteiger partial charge in [0.2, 0.25) is 0 Å². The van der Waals surface area contributed by atoms with Crippen LogP contribution in [-0.4, -0.2) is 40.1 Å².